The fourth-order valence-electron chi connectivity index (χ4n) is 3.14. The number of benzene rings is 1. The Morgan fingerprint density at radius 2 is 1.96 bits per heavy atom. The van der Waals surface area contributed by atoms with Crippen LogP contribution in [0, 0.1) is 0 Å². The van der Waals surface area contributed by atoms with E-state index in [-0.39, 0.29) is 23.5 Å². The Labute approximate surface area is 160 Å². The van der Waals surface area contributed by atoms with Crippen LogP contribution >= 0.6 is 0 Å². The van der Waals surface area contributed by atoms with Gasteiger partial charge >= 0.3 is 0 Å². The largest absolute Gasteiger partial charge is 0.465 e. The third-order valence-corrected chi connectivity index (χ3v) is 6.42. The normalized spacial score (nSPS) is 18.7. The van der Waals surface area contributed by atoms with E-state index in [0.29, 0.717) is 18.7 Å². The molecule has 0 radical (unpaired) electrons. The molecule has 0 unspecified atom stereocenters. The molecule has 1 saturated heterocycles. The molecule has 144 valence electrons. The molecule has 1 aliphatic heterocycles. The second-order valence-electron chi connectivity index (χ2n) is 6.93. The fraction of sp³-hybridized carbons (Fsp3) is 0.350. The van der Waals surface area contributed by atoms with Crippen LogP contribution in [-0.4, -0.2) is 50.9 Å². The molecular formula is C20H24N2O4S. The van der Waals surface area contributed by atoms with Gasteiger partial charge in [0.2, 0.25) is 5.91 Å². The van der Waals surface area contributed by atoms with E-state index in [1.54, 1.807) is 23.1 Å². The molecular weight excluding hydrogens is 364 g/mol. The molecule has 7 heteroatoms. The molecule has 1 aromatic carbocycles. The first-order valence-corrected chi connectivity index (χ1v) is 10.6. The highest BCUT2D eigenvalue weighted by molar-refractivity contribution is 7.91. The summed E-state index contributed by atoms with van der Waals surface area (Å²) < 4.78 is 29.0. The van der Waals surface area contributed by atoms with E-state index in [1.165, 1.54) is 12.3 Å². The number of nitrogens with zero attached hydrogens (tertiary/aromatic N) is 2. The molecule has 2 heterocycles. The van der Waals surface area contributed by atoms with Crippen molar-refractivity contribution >= 4 is 27.5 Å². The van der Waals surface area contributed by atoms with Crippen LogP contribution in [0.1, 0.15) is 17.7 Å². The lowest BCUT2D eigenvalue weighted by Crippen LogP contribution is -2.39. The number of sulfone groups is 1. The number of carbonyl (C=O) groups is 1. The summed E-state index contributed by atoms with van der Waals surface area (Å²) in [5.41, 5.74) is 2.03. The Kier molecular flexibility index (Phi) is 5.70. The lowest BCUT2D eigenvalue weighted by molar-refractivity contribution is -0.128. The van der Waals surface area contributed by atoms with Crippen LogP contribution in [-0.2, 0) is 21.2 Å². The van der Waals surface area contributed by atoms with Gasteiger partial charge in [0.1, 0.15) is 5.76 Å². The van der Waals surface area contributed by atoms with Gasteiger partial charge in [-0.1, -0.05) is 12.1 Å². The van der Waals surface area contributed by atoms with Gasteiger partial charge in [-0.25, -0.2) is 8.42 Å². The molecule has 1 atom stereocenters. The van der Waals surface area contributed by atoms with E-state index in [2.05, 4.69) is 0 Å². The number of anilines is 1. The highest BCUT2D eigenvalue weighted by Crippen LogP contribution is 2.22. The van der Waals surface area contributed by atoms with Crippen LogP contribution in [0.15, 0.2) is 53.2 Å². The molecule has 1 aliphatic rings. The minimum Gasteiger partial charge on any atom is -0.465 e. The lowest BCUT2D eigenvalue weighted by Gasteiger charge is -2.27. The van der Waals surface area contributed by atoms with E-state index in [4.69, 9.17) is 4.42 Å². The third kappa shape index (κ3) is 5.01. The Morgan fingerprint density at radius 1 is 1.22 bits per heavy atom. The third-order valence-electron chi connectivity index (χ3n) is 4.67. The van der Waals surface area contributed by atoms with Crippen molar-refractivity contribution < 1.29 is 17.6 Å². The van der Waals surface area contributed by atoms with Crippen LogP contribution in [0.3, 0.4) is 0 Å². The van der Waals surface area contributed by atoms with Crippen molar-refractivity contribution in [3.8, 4) is 0 Å². The van der Waals surface area contributed by atoms with Gasteiger partial charge in [0, 0.05) is 38.4 Å². The molecule has 1 fully saturated rings. The monoisotopic (exact) mass is 388 g/mol. The van der Waals surface area contributed by atoms with Crippen molar-refractivity contribution in [3.05, 3.63) is 60.1 Å². The first-order valence-electron chi connectivity index (χ1n) is 8.83. The average Bonchev–Trinajstić information content (AvgIpc) is 3.27. The molecule has 6 nitrogen and oxygen atoms in total. The number of carbonyl (C=O) groups excluding carboxylic acids is 1. The van der Waals surface area contributed by atoms with Crippen molar-refractivity contribution in [1.82, 2.24) is 4.90 Å². The van der Waals surface area contributed by atoms with Gasteiger partial charge in [-0.3, -0.25) is 4.79 Å². The molecule has 0 spiro atoms. The summed E-state index contributed by atoms with van der Waals surface area (Å²) in [5, 5.41) is 0. The highest BCUT2D eigenvalue weighted by atomic mass is 32.2. The van der Waals surface area contributed by atoms with Gasteiger partial charge in [-0.15, -0.1) is 0 Å². The lowest BCUT2D eigenvalue weighted by atomic mass is 10.1. The predicted octanol–water partition coefficient (Wildman–Crippen LogP) is 2.57. The van der Waals surface area contributed by atoms with E-state index in [9.17, 15) is 13.2 Å². The number of rotatable bonds is 6. The maximum atomic E-state index is 12.8. The molecule has 2 aromatic rings. The summed E-state index contributed by atoms with van der Waals surface area (Å²) in [5.74, 6) is 0.509. The standard InChI is InChI=1S/C20H24N2O4S/c1-21(2)17-7-5-16(6-8-17)14-22(18-11-13-27(24,25)15-18)20(23)10-9-19-4-3-12-26-19/h3-10,12,18H,11,13-15H2,1-2H3/b10-9+/t18-/m1/s1. The second kappa shape index (κ2) is 8.00. The quantitative estimate of drug-likeness (QED) is 0.712. The summed E-state index contributed by atoms with van der Waals surface area (Å²) in [6.45, 7) is 0.370. The van der Waals surface area contributed by atoms with Crippen molar-refractivity contribution in [3.63, 3.8) is 0 Å². The number of furan rings is 1. The van der Waals surface area contributed by atoms with Crippen LogP contribution in [0.4, 0.5) is 5.69 Å². The van der Waals surface area contributed by atoms with Crippen molar-refractivity contribution in [2.75, 3.05) is 30.5 Å². The summed E-state index contributed by atoms with van der Waals surface area (Å²) >= 11 is 0. The zero-order chi connectivity index (χ0) is 19.4. The summed E-state index contributed by atoms with van der Waals surface area (Å²) in [6.07, 6.45) is 5.06. The zero-order valence-corrected chi connectivity index (χ0v) is 16.4. The first-order chi connectivity index (χ1) is 12.8. The van der Waals surface area contributed by atoms with Gasteiger partial charge in [-0.05, 0) is 42.3 Å². The number of hydrogen-bond acceptors (Lipinski definition) is 5. The molecule has 0 saturated carbocycles. The molecule has 1 amide bonds. The second-order valence-corrected chi connectivity index (χ2v) is 9.16. The molecule has 27 heavy (non-hydrogen) atoms. The minimum absolute atomic E-state index is 0.0170. The summed E-state index contributed by atoms with van der Waals surface area (Å²) in [6, 6.07) is 11.1. The van der Waals surface area contributed by atoms with Crippen LogP contribution in [0.5, 0.6) is 0 Å². The summed E-state index contributed by atoms with van der Waals surface area (Å²) in [4.78, 5) is 16.5. The SMILES string of the molecule is CN(C)c1ccc(CN(C(=O)/C=C/c2ccco2)[C@@H]2CCS(=O)(=O)C2)cc1. The van der Waals surface area contributed by atoms with E-state index in [0.717, 1.165) is 11.3 Å². The molecule has 0 N–H and O–H groups in total. The van der Waals surface area contributed by atoms with Crippen molar-refractivity contribution in [2.45, 2.75) is 19.0 Å². The van der Waals surface area contributed by atoms with Gasteiger partial charge < -0.3 is 14.2 Å². The average molecular weight is 388 g/mol. The van der Waals surface area contributed by atoms with E-state index >= 15 is 0 Å². The zero-order valence-electron chi connectivity index (χ0n) is 15.5. The minimum atomic E-state index is -3.09. The first kappa shape index (κ1) is 19.2. The molecule has 0 aliphatic carbocycles. The molecule has 3 rings (SSSR count). The Hall–Kier alpha value is -2.54. The molecule has 0 bridgehead atoms. The summed E-state index contributed by atoms with van der Waals surface area (Å²) in [7, 11) is 0.846. The predicted molar refractivity (Wildman–Crippen MR) is 106 cm³/mol. The maximum absolute atomic E-state index is 12.8. The number of amides is 1. The van der Waals surface area contributed by atoms with Gasteiger partial charge in [-0.2, -0.15) is 0 Å². The maximum Gasteiger partial charge on any atom is 0.247 e. The smallest absolute Gasteiger partial charge is 0.247 e. The fourth-order valence-corrected chi connectivity index (χ4v) is 4.87. The molecule has 1 aromatic heterocycles. The Morgan fingerprint density at radius 3 is 2.52 bits per heavy atom. The van der Waals surface area contributed by atoms with Gasteiger partial charge in [0.25, 0.3) is 0 Å². The van der Waals surface area contributed by atoms with E-state index < -0.39 is 9.84 Å². The van der Waals surface area contributed by atoms with Crippen LogP contribution in [0.2, 0.25) is 0 Å². The van der Waals surface area contributed by atoms with Crippen LogP contribution < -0.4 is 4.90 Å². The highest BCUT2D eigenvalue weighted by Gasteiger charge is 2.34. The van der Waals surface area contributed by atoms with Gasteiger partial charge in [0.15, 0.2) is 9.84 Å². The van der Waals surface area contributed by atoms with Crippen LogP contribution in [0.25, 0.3) is 6.08 Å². The van der Waals surface area contributed by atoms with Crippen molar-refractivity contribution in [1.29, 1.82) is 0 Å². The van der Waals surface area contributed by atoms with Gasteiger partial charge in [0.05, 0.1) is 17.8 Å². The van der Waals surface area contributed by atoms with E-state index in [1.807, 2.05) is 43.3 Å². The topological polar surface area (TPSA) is 70.8 Å². The Balaban J connectivity index is 1.80. The van der Waals surface area contributed by atoms with Crippen molar-refractivity contribution in [2.24, 2.45) is 0 Å². The Bertz CT molecular complexity index is 900. The number of hydrogen-bond donors (Lipinski definition) is 0.